The second-order valence-corrected chi connectivity index (χ2v) is 38.3. The largest absolute Gasteiger partial charge is 0.451 e. The van der Waals surface area contributed by atoms with Gasteiger partial charge in [0.25, 0.3) is 0 Å². The normalized spacial score (nSPS) is 13.4. The Bertz CT molecular complexity index is 5570. The first-order chi connectivity index (χ1) is 61.1. The van der Waals surface area contributed by atoms with E-state index in [2.05, 4.69) is 128 Å². The first-order valence-corrected chi connectivity index (χ1v) is 45.6. The maximum absolute atomic E-state index is 12.4. The van der Waals surface area contributed by atoms with E-state index in [0.717, 1.165) is 35.1 Å². The average Bonchev–Trinajstić information content (AvgIpc) is 1.68. The zero-order valence-electron chi connectivity index (χ0n) is 82.2. The SMILES string of the molecule is CCCCC(=O)OC(C)O/C(=C(/C#N)c1ccc(C(C)(C)C)cc1)c1c(Cl)c(C)nn1CC.CCn1nc(C)c(Cl)c1/C(OC(C)OC(=O)C(C)(C)C)=C(\C#N)c1ccc(C(C)(C)C)cc1.CCn1nc(C)c(Cl)c1/C(OC(C)OC(=O)CC(C)C)=C(\C#N)c1ccc(C(C)(C)C)cc1.CCn1nc(C)c(Cl)c1/C(OC(C)OC(=O)COC)=C(\C#N)c1ccc(C(C)(C)C)cc1. The van der Waals surface area contributed by atoms with Gasteiger partial charge in [-0.15, -0.1) is 0 Å². The second kappa shape index (κ2) is 48.8. The van der Waals surface area contributed by atoms with E-state index < -0.39 is 42.5 Å². The lowest BCUT2D eigenvalue weighted by molar-refractivity contribution is -0.174. The molecule has 0 aliphatic heterocycles. The molecular formula is C102H132Cl4N12O13. The molecule has 0 fully saturated rings. The fourth-order valence-corrected chi connectivity index (χ4v) is 13.9. The maximum Gasteiger partial charge on any atom is 0.335 e. The Morgan fingerprint density at radius 3 is 0.786 bits per heavy atom. The molecule has 0 aliphatic carbocycles. The number of carbonyl (C=O) groups excluding carboxylic acids is 4. The highest BCUT2D eigenvalue weighted by atomic mass is 35.5. The van der Waals surface area contributed by atoms with E-state index in [1.165, 1.54) is 7.11 Å². The number of nitrogens with zero attached hydrogens (tertiary/aromatic N) is 12. The van der Waals surface area contributed by atoms with Crippen LogP contribution in [-0.4, -0.2) is 102 Å². The number of methoxy groups -OCH3 is 1. The predicted octanol–water partition coefficient (Wildman–Crippen LogP) is 24.8. The van der Waals surface area contributed by atoms with Crippen LogP contribution in [0.3, 0.4) is 0 Å². The van der Waals surface area contributed by atoms with Crippen LogP contribution in [0, 0.1) is 84.4 Å². The fourth-order valence-electron chi connectivity index (χ4n) is 13.0. The number of ether oxygens (including phenoxy) is 9. The van der Waals surface area contributed by atoms with Gasteiger partial charge < -0.3 is 42.6 Å². The number of unbranched alkanes of at least 4 members (excludes halogenated alkanes) is 1. The molecule has 0 saturated heterocycles. The summed E-state index contributed by atoms with van der Waals surface area (Å²) >= 11 is 26.4. The molecule has 0 bridgehead atoms. The van der Waals surface area contributed by atoms with Crippen molar-refractivity contribution in [3.8, 4) is 24.3 Å². The first-order valence-electron chi connectivity index (χ1n) is 44.0. The minimum atomic E-state index is -0.985. The molecule has 0 spiro atoms. The van der Waals surface area contributed by atoms with E-state index in [-0.39, 0.29) is 86.7 Å². The average molecular weight is 1880 g/mol. The van der Waals surface area contributed by atoms with Crippen LogP contribution in [0.25, 0.3) is 45.3 Å². The fraction of sp³-hybridized carbons (Fsp3) is 0.490. The Kier molecular flexibility index (Phi) is 41.1. The summed E-state index contributed by atoms with van der Waals surface area (Å²) in [5, 5.41) is 59.9. The summed E-state index contributed by atoms with van der Waals surface area (Å²) in [6.07, 6.45) is -1.52. The minimum absolute atomic E-state index is 0.0170. The van der Waals surface area contributed by atoms with E-state index >= 15 is 0 Å². The number of halogens is 4. The number of aromatic nitrogens is 8. The number of allylic oxidation sites excluding steroid dienone is 4. The molecule has 8 rings (SSSR count). The van der Waals surface area contributed by atoms with Crippen molar-refractivity contribution in [2.24, 2.45) is 11.3 Å². The van der Waals surface area contributed by atoms with E-state index in [4.69, 9.17) is 89.0 Å². The highest BCUT2D eigenvalue weighted by molar-refractivity contribution is 6.34. The van der Waals surface area contributed by atoms with Crippen molar-refractivity contribution >= 4 is 116 Å². The van der Waals surface area contributed by atoms with Crippen LogP contribution in [0.4, 0.5) is 0 Å². The molecule has 0 N–H and O–H groups in total. The Balaban J connectivity index is 0.000000309. The zero-order valence-corrected chi connectivity index (χ0v) is 85.2. The number of esters is 4. The molecule has 4 unspecified atom stereocenters. The van der Waals surface area contributed by atoms with Crippen LogP contribution in [0.1, 0.15) is 296 Å². The number of aryl methyl sites for hydroxylation is 8. The topological polar surface area (TPSA) is 318 Å². The van der Waals surface area contributed by atoms with Crippen LogP contribution < -0.4 is 0 Å². The van der Waals surface area contributed by atoms with Gasteiger partial charge in [-0.3, -0.25) is 33.1 Å². The lowest BCUT2D eigenvalue weighted by Crippen LogP contribution is -2.28. The number of hydrogen-bond donors (Lipinski definition) is 0. The van der Waals surface area contributed by atoms with Crippen molar-refractivity contribution < 1.29 is 61.8 Å². The molecule has 131 heavy (non-hydrogen) atoms. The molecule has 4 aromatic carbocycles. The van der Waals surface area contributed by atoms with Crippen LogP contribution in [-0.2, 0) is 110 Å². The van der Waals surface area contributed by atoms with Gasteiger partial charge >= 0.3 is 23.9 Å². The number of carbonyl (C=O) groups is 4. The van der Waals surface area contributed by atoms with Crippen LogP contribution in [0.15, 0.2) is 97.1 Å². The third-order valence-electron chi connectivity index (χ3n) is 20.3. The highest BCUT2D eigenvalue weighted by Crippen LogP contribution is 2.42. The number of rotatable bonds is 31. The van der Waals surface area contributed by atoms with Gasteiger partial charge in [-0.05, 0) is 155 Å². The quantitative estimate of drug-likeness (QED) is 0.0128. The van der Waals surface area contributed by atoms with Gasteiger partial charge in [0, 0.05) is 73.8 Å². The second-order valence-electron chi connectivity index (χ2n) is 36.8. The molecule has 0 radical (unpaired) electrons. The molecule has 25 nitrogen and oxygen atoms in total. The van der Waals surface area contributed by atoms with Crippen molar-refractivity contribution in [3.05, 3.63) is 207 Å². The number of hydrogen-bond acceptors (Lipinski definition) is 21. The summed E-state index contributed by atoms with van der Waals surface area (Å²) in [5.74, 6) is -0.646. The van der Waals surface area contributed by atoms with Crippen molar-refractivity contribution in [2.45, 2.75) is 306 Å². The van der Waals surface area contributed by atoms with Gasteiger partial charge in [0.2, 0.25) is 25.2 Å². The van der Waals surface area contributed by atoms with Gasteiger partial charge in [-0.1, -0.05) is 254 Å². The molecule has 4 heterocycles. The maximum atomic E-state index is 12.4. The minimum Gasteiger partial charge on any atom is -0.451 e. The monoisotopic (exact) mass is 1870 g/mol. The van der Waals surface area contributed by atoms with Crippen molar-refractivity contribution in [1.29, 1.82) is 21.0 Å². The Morgan fingerprint density at radius 1 is 0.359 bits per heavy atom. The molecule has 0 aliphatic rings. The first kappa shape index (κ1) is 110. The molecule has 706 valence electrons. The zero-order chi connectivity index (χ0) is 98.9. The smallest absolute Gasteiger partial charge is 0.335 e. The van der Waals surface area contributed by atoms with Crippen molar-refractivity contribution in [1.82, 2.24) is 39.1 Å². The summed E-state index contributed by atoms with van der Waals surface area (Å²) in [6.45, 7) is 59.9. The van der Waals surface area contributed by atoms with Crippen LogP contribution >= 0.6 is 46.4 Å². The lowest BCUT2D eigenvalue weighted by Gasteiger charge is -2.24. The summed E-state index contributed by atoms with van der Waals surface area (Å²) in [4.78, 5) is 48.6. The van der Waals surface area contributed by atoms with E-state index in [1.807, 2.05) is 146 Å². The number of benzene rings is 4. The molecular weight excluding hydrogens is 1740 g/mol. The summed E-state index contributed by atoms with van der Waals surface area (Å²) in [5.41, 5.74) is 12.0. The Hall–Kier alpha value is -11.2. The summed E-state index contributed by atoms with van der Waals surface area (Å²) in [7, 11) is 1.40. The molecule has 0 amide bonds. The predicted molar refractivity (Wildman–Crippen MR) is 518 cm³/mol. The summed E-state index contributed by atoms with van der Waals surface area (Å²) < 4.78 is 57.5. The molecule has 8 aromatic rings. The van der Waals surface area contributed by atoms with Gasteiger partial charge in [-0.2, -0.15) is 41.4 Å². The van der Waals surface area contributed by atoms with Crippen molar-refractivity contribution in [2.75, 3.05) is 13.7 Å². The molecule has 4 aromatic heterocycles. The third kappa shape index (κ3) is 30.7. The van der Waals surface area contributed by atoms with Gasteiger partial charge in [0.1, 0.15) is 76.0 Å². The standard InChI is InChI=1S/3C26H34ClN3O3.C24H30ClN3O4/c1-10-30-22(21(27)16(2)29-30)23(32-17(3)33-24(31)26(7,8)9)20(15-28)18-11-13-19(14-12-18)25(4,5)6;1-9-30-24(23(27)17(4)29-30)25(33-18(5)32-22(31)14-16(2)3)21(15-28)19-10-12-20(13-11-19)26(6,7)8;1-8-10-11-22(31)32-18(4)33-25(24-23(27)17(3)29-30(24)9-2)21(16-28)19-12-14-20(15-13-19)26(5,6)7;1-8-28-22(21(25)15(2)27-28)23(32-16(3)31-20(29)14-30-7)19(13-26)17-9-11-18(12-10-17)24(4,5)6/h11-14,17H,10H2,1-9H3;10-13,16,18H,9,14H2,1-8H3;12-15,18H,8-11H2,1-7H3;9-12,16H,8,14H2,1-7H3/b23-20-;2*25-21-;23-19-. The van der Waals surface area contributed by atoms with Crippen molar-refractivity contribution in [3.63, 3.8) is 0 Å². The van der Waals surface area contributed by atoms with Gasteiger partial charge in [0.05, 0.1) is 48.3 Å². The third-order valence-corrected chi connectivity index (χ3v) is 22.1. The van der Waals surface area contributed by atoms with Crippen LogP contribution in [0.2, 0.25) is 20.1 Å². The highest BCUT2D eigenvalue weighted by Gasteiger charge is 2.34. The van der Waals surface area contributed by atoms with Crippen LogP contribution in [0.5, 0.6) is 0 Å². The molecule has 4 atom stereocenters. The number of nitriles is 4. The van der Waals surface area contributed by atoms with E-state index in [9.17, 15) is 40.2 Å². The van der Waals surface area contributed by atoms with Gasteiger partial charge in [-0.25, -0.2) is 4.79 Å². The molecule has 0 saturated carbocycles. The Labute approximate surface area is 795 Å². The van der Waals surface area contributed by atoms with E-state index in [1.54, 1.807) is 94.9 Å². The summed E-state index contributed by atoms with van der Waals surface area (Å²) in [6, 6.07) is 40.1. The lowest BCUT2D eigenvalue weighted by atomic mass is 9.86. The Morgan fingerprint density at radius 2 is 0.588 bits per heavy atom. The van der Waals surface area contributed by atoms with Gasteiger partial charge in [0.15, 0.2) is 23.0 Å². The van der Waals surface area contributed by atoms with E-state index in [0.29, 0.717) is 132 Å². The molecule has 29 heteroatoms.